The van der Waals surface area contributed by atoms with Crippen LogP contribution in [0.2, 0.25) is 5.02 Å². The van der Waals surface area contributed by atoms with E-state index in [9.17, 15) is 4.79 Å². The largest absolute Gasteiger partial charge is 0.464 e. The molecule has 0 heterocycles. The molecule has 0 unspecified atom stereocenters. The van der Waals surface area contributed by atoms with E-state index < -0.39 is 0 Å². The molecule has 0 radical (unpaired) electrons. The Morgan fingerprint density at radius 3 is 2.69 bits per heavy atom. The number of nitrogens with one attached hydrogen (secondary N) is 1. The summed E-state index contributed by atoms with van der Waals surface area (Å²) >= 11 is 5.74. The highest BCUT2D eigenvalue weighted by atomic mass is 35.5. The van der Waals surface area contributed by atoms with E-state index in [0.717, 1.165) is 18.5 Å². The Morgan fingerprint density at radius 1 is 1.38 bits per heavy atom. The summed E-state index contributed by atoms with van der Waals surface area (Å²) < 4.78 is 5.00. The number of hydrogen-bond acceptors (Lipinski definition) is 3. The summed E-state index contributed by atoms with van der Waals surface area (Å²) in [6.07, 6.45) is 1.94. The Labute approximate surface area is 101 Å². The van der Waals surface area contributed by atoms with Gasteiger partial charge in [-0.25, -0.2) is 0 Å². The standard InChI is InChI=1S/C12H16ClNO2/c1-2-3-8-16-12(15)9-14-11-6-4-10(13)5-7-11/h4-7,14H,2-3,8-9H2,1H3. The van der Waals surface area contributed by atoms with Crippen LogP contribution in [-0.2, 0) is 9.53 Å². The fourth-order valence-electron chi connectivity index (χ4n) is 1.12. The van der Waals surface area contributed by atoms with Crippen molar-refractivity contribution in [3.05, 3.63) is 29.3 Å². The molecule has 1 N–H and O–H groups in total. The van der Waals surface area contributed by atoms with Crippen molar-refractivity contribution in [1.29, 1.82) is 0 Å². The summed E-state index contributed by atoms with van der Waals surface area (Å²) in [5.74, 6) is -0.233. The van der Waals surface area contributed by atoms with E-state index in [1.54, 1.807) is 12.1 Å². The second-order valence-electron chi connectivity index (χ2n) is 3.43. The van der Waals surface area contributed by atoms with Crippen molar-refractivity contribution < 1.29 is 9.53 Å². The van der Waals surface area contributed by atoms with Crippen molar-refractivity contribution >= 4 is 23.3 Å². The molecule has 1 aromatic carbocycles. The van der Waals surface area contributed by atoms with Gasteiger partial charge in [0, 0.05) is 10.7 Å². The van der Waals surface area contributed by atoms with E-state index >= 15 is 0 Å². The molecule has 0 aliphatic carbocycles. The van der Waals surface area contributed by atoms with Crippen LogP contribution in [0.15, 0.2) is 24.3 Å². The van der Waals surface area contributed by atoms with Crippen LogP contribution in [0, 0.1) is 0 Å². The zero-order valence-corrected chi connectivity index (χ0v) is 10.1. The van der Waals surface area contributed by atoms with Crippen molar-refractivity contribution in [3.8, 4) is 0 Å². The van der Waals surface area contributed by atoms with Gasteiger partial charge in [0.2, 0.25) is 0 Å². The van der Waals surface area contributed by atoms with Crippen LogP contribution in [0.5, 0.6) is 0 Å². The second-order valence-corrected chi connectivity index (χ2v) is 3.87. The van der Waals surface area contributed by atoms with Gasteiger partial charge in [-0.3, -0.25) is 4.79 Å². The quantitative estimate of drug-likeness (QED) is 0.614. The van der Waals surface area contributed by atoms with Crippen molar-refractivity contribution in [3.63, 3.8) is 0 Å². The van der Waals surface area contributed by atoms with E-state index in [2.05, 4.69) is 12.2 Å². The predicted molar refractivity (Wildman–Crippen MR) is 65.8 cm³/mol. The molecule has 0 saturated carbocycles. The molecule has 0 aliphatic heterocycles. The van der Waals surface area contributed by atoms with Gasteiger partial charge in [-0.15, -0.1) is 0 Å². The molecule has 0 bridgehead atoms. The molecule has 0 aromatic heterocycles. The van der Waals surface area contributed by atoms with E-state index in [1.807, 2.05) is 12.1 Å². The summed E-state index contributed by atoms with van der Waals surface area (Å²) in [5, 5.41) is 3.64. The Bertz CT molecular complexity index is 324. The first-order valence-corrected chi connectivity index (χ1v) is 5.75. The molecular formula is C12H16ClNO2. The van der Waals surface area contributed by atoms with Gasteiger partial charge in [-0.2, -0.15) is 0 Å². The number of benzene rings is 1. The summed E-state index contributed by atoms with van der Waals surface area (Å²) in [4.78, 5) is 11.2. The van der Waals surface area contributed by atoms with Crippen molar-refractivity contribution in [2.45, 2.75) is 19.8 Å². The van der Waals surface area contributed by atoms with Crippen LogP contribution < -0.4 is 5.32 Å². The Hall–Kier alpha value is -1.22. The Kier molecular flexibility index (Phi) is 5.72. The first-order valence-electron chi connectivity index (χ1n) is 5.37. The number of halogens is 1. The van der Waals surface area contributed by atoms with Gasteiger partial charge in [-0.1, -0.05) is 24.9 Å². The smallest absolute Gasteiger partial charge is 0.325 e. The van der Waals surface area contributed by atoms with Crippen LogP contribution in [0.4, 0.5) is 5.69 Å². The molecule has 0 amide bonds. The molecule has 0 aliphatic rings. The number of carbonyl (C=O) groups excluding carboxylic acids is 1. The normalized spacial score (nSPS) is 9.88. The minimum Gasteiger partial charge on any atom is -0.464 e. The van der Waals surface area contributed by atoms with E-state index in [4.69, 9.17) is 16.3 Å². The predicted octanol–water partition coefficient (Wildman–Crippen LogP) is 3.10. The molecular weight excluding hydrogens is 226 g/mol. The lowest BCUT2D eigenvalue weighted by molar-refractivity contribution is -0.141. The SMILES string of the molecule is CCCCOC(=O)CNc1ccc(Cl)cc1. The zero-order chi connectivity index (χ0) is 11.8. The molecule has 0 atom stereocenters. The number of carbonyl (C=O) groups is 1. The lowest BCUT2D eigenvalue weighted by Crippen LogP contribution is -2.17. The van der Waals surface area contributed by atoms with E-state index in [1.165, 1.54) is 0 Å². The molecule has 1 aromatic rings. The molecule has 1 rings (SSSR count). The monoisotopic (exact) mass is 241 g/mol. The molecule has 16 heavy (non-hydrogen) atoms. The number of ether oxygens (including phenoxy) is 1. The van der Waals surface area contributed by atoms with Crippen LogP contribution in [-0.4, -0.2) is 19.1 Å². The minimum absolute atomic E-state index is 0.186. The van der Waals surface area contributed by atoms with Crippen LogP contribution in [0.3, 0.4) is 0 Å². The zero-order valence-electron chi connectivity index (χ0n) is 9.33. The minimum atomic E-state index is -0.233. The molecule has 88 valence electrons. The first-order chi connectivity index (χ1) is 7.72. The third-order valence-corrected chi connectivity index (χ3v) is 2.29. The van der Waals surface area contributed by atoms with Gasteiger partial charge in [-0.05, 0) is 30.7 Å². The molecule has 0 saturated heterocycles. The van der Waals surface area contributed by atoms with Crippen molar-refractivity contribution in [1.82, 2.24) is 0 Å². The van der Waals surface area contributed by atoms with Crippen LogP contribution in [0.25, 0.3) is 0 Å². The third-order valence-electron chi connectivity index (χ3n) is 2.04. The summed E-state index contributed by atoms with van der Waals surface area (Å²) in [6, 6.07) is 7.18. The highest BCUT2D eigenvalue weighted by molar-refractivity contribution is 6.30. The number of rotatable bonds is 6. The van der Waals surface area contributed by atoms with Crippen molar-refractivity contribution in [2.24, 2.45) is 0 Å². The Morgan fingerprint density at radius 2 is 2.06 bits per heavy atom. The lowest BCUT2D eigenvalue weighted by Gasteiger charge is -2.06. The topological polar surface area (TPSA) is 38.3 Å². The summed E-state index contributed by atoms with van der Waals surface area (Å²) in [7, 11) is 0. The highest BCUT2D eigenvalue weighted by Crippen LogP contribution is 2.12. The lowest BCUT2D eigenvalue weighted by atomic mass is 10.3. The molecule has 0 fully saturated rings. The third kappa shape index (κ3) is 5.03. The van der Waals surface area contributed by atoms with Gasteiger partial charge in [0.15, 0.2) is 0 Å². The number of anilines is 1. The van der Waals surface area contributed by atoms with E-state index in [-0.39, 0.29) is 12.5 Å². The van der Waals surface area contributed by atoms with Gasteiger partial charge in [0.25, 0.3) is 0 Å². The maximum Gasteiger partial charge on any atom is 0.325 e. The van der Waals surface area contributed by atoms with Crippen LogP contribution >= 0.6 is 11.6 Å². The summed E-state index contributed by atoms with van der Waals surface area (Å²) in [5.41, 5.74) is 0.858. The second kappa shape index (κ2) is 7.12. The molecule has 3 nitrogen and oxygen atoms in total. The van der Waals surface area contributed by atoms with E-state index in [0.29, 0.717) is 11.6 Å². The first kappa shape index (κ1) is 12.8. The summed E-state index contributed by atoms with van der Waals surface area (Å²) in [6.45, 7) is 2.74. The average molecular weight is 242 g/mol. The number of hydrogen-bond donors (Lipinski definition) is 1. The fraction of sp³-hybridized carbons (Fsp3) is 0.417. The molecule has 4 heteroatoms. The fourth-order valence-corrected chi connectivity index (χ4v) is 1.25. The van der Waals surface area contributed by atoms with Gasteiger partial charge in [0.1, 0.15) is 6.54 Å². The average Bonchev–Trinajstić information content (AvgIpc) is 2.29. The van der Waals surface area contributed by atoms with Gasteiger partial charge >= 0.3 is 5.97 Å². The van der Waals surface area contributed by atoms with Gasteiger partial charge in [0.05, 0.1) is 6.61 Å². The maximum absolute atomic E-state index is 11.2. The number of unbranched alkanes of at least 4 members (excludes halogenated alkanes) is 1. The molecule has 0 spiro atoms. The Balaban J connectivity index is 2.23. The van der Waals surface area contributed by atoms with Gasteiger partial charge < -0.3 is 10.1 Å². The van der Waals surface area contributed by atoms with Crippen LogP contribution in [0.1, 0.15) is 19.8 Å². The van der Waals surface area contributed by atoms with Crippen molar-refractivity contribution in [2.75, 3.05) is 18.5 Å². The maximum atomic E-state index is 11.2. The highest BCUT2D eigenvalue weighted by Gasteiger charge is 2.01. The number of esters is 1.